The van der Waals surface area contributed by atoms with E-state index in [9.17, 15) is 4.79 Å². The molecule has 16 heavy (non-hydrogen) atoms. The summed E-state index contributed by atoms with van der Waals surface area (Å²) in [5.74, 6) is 0.779. The lowest BCUT2D eigenvalue weighted by Gasteiger charge is -2.05. The summed E-state index contributed by atoms with van der Waals surface area (Å²) in [7, 11) is 1.80. The van der Waals surface area contributed by atoms with Crippen molar-refractivity contribution in [1.29, 1.82) is 0 Å². The van der Waals surface area contributed by atoms with E-state index in [2.05, 4.69) is 15.4 Å². The Morgan fingerprint density at radius 3 is 3.00 bits per heavy atom. The lowest BCUT2D eigenvalue weighted by molar-refractivity contribution is 0.638. The Morgan fingerprint density at radius 1 is 1.38 bits per heavy atom. The van der Waals surface area contributed by atoms with Crippen LogP contribution in [0.3, 0.4) is 0 Å². The summed E-state index contributed by atoms with van der Waals surface area (Å²) in [6, 6.07) is 6.88. The van der Waals surface area contributed by atoms with Crippen molar-refractivity contribution >= 4 is 5.82 Å². The molecule has 0 aliphatic carbocycles. The molecule has 5 heteroatoms. The van der Waals surface area contributed by atoms with Gasteiger partial charge in [-0.25, -0.2) is 9.67 Å². The zero-order chi connectivity index (χ0) is 11.4. The van der Waals surface area contributed by atoms with Gasteiger partial charge in [0.15, 0.2) is 0 Å². The van der Waals surface area contributed by atoms with E-state index >= 15 is 0 Å². The fourth-order valence-corrected chi connectivity index (χ4v) is 1.39. The average Bonchev–Trinajstić information content (AvgIpc) is 2.32. The molecule has 0 aromatic carbocycles. The van der Waals surface area contributed by atoms with Crippen LogP contribution in [-0.2, 0) is 6.54 Å². The number of nitrogens with zero attached hydrogens (tertiary/aromatic N) is 3. The van der Waals surface area contributed by atoms with Crippen LogP contribution in [0.25, 0.3) is 0 Å². The number of hydrogen-bond donors (Lipinski definition) is 1. The van der Waals surface area contributed by atoms with Crippen molar-refractivity contribution in [3.8, 4) is 0 Å². The molecule has 2 heterocycles. The van der Waals surface area contributed by atoms with Gasteiger partial charge < -0.3 is 5.32 Å². The SMILES string of the molecule is CNc1cc(Cn2ncccc2=O)ccn1. The lowest BCUT2D eigenvalue weighted by atomic mass is 10.2. The fourth-order valence-electron chi connectivity index (χ4n) is 1.39. The summed E-state index contributed by atoms with van der Waals surface area (Å²) >= 11 is 0. The van der Waals surface area contributed by atoms with E-state index in [1.807, 2.05) is 12.1 Å². The number of anilines is 1. The molecule has 0 aliphatic rings. The van der Waals surface area contributed by atoms with E-state index < -0.39 is 0 Å². The minimum Gasteiger partial charge on any atom is -0.373 e. The Balaban J connectivity index is 2.27. The fraction of sp³-hybridized carbons (Fsp3) is 0.182. The van der Waals surface area contributed by atoms with E-state index in [4.69, 9.17) is 0 Å². The molecule has 0 aliphatic heterocycles. The van der Waals surface area contributed by atoms with Crippen molar-refractivity contribution < 1.29 is 0 Å². The Kier molecular flexibility index (Phi) is 2.95. The van der Waals surface area contributed by atoms with Gasteiger partial charge in [-0.2, -0.15) is 5.10 Å². The summed E-state index contributed by atoms with van der Waals surface area (Å²) in [5.41, 5.74) is 0.880. The molecular formula is C11H12N4O. The molecule has 2 aromatic heterocycles. The molecule has 1 N–H and O–H groups in total. The van der Waals surface area contributed by atoms with E-state index in [0.717, 1.165) is 11.4 Å². The Labute approximate surface area is 92.8 Å². The molecule has 0 saturated carbocycles. The minimum absolute atomic E-state index is 0.106. The van der Waals surface area contributed by atoms with E-state index in [1.54, 1.807) is 25.5 Å². The van der Waals surface area contributed by atoms with Crippen LogP contribution in [0.4, 0.5) is 5.82 Å². The molecule has 0 spiro atoms. The largest absolute Gasteiger partial charge is 0.373 e. The molecule has 2 rings (SSSR count). The maximum absolute atomic E-state index is 11.4. The van der Waals surface area contributed by atoms with Crippen molar-refractivity contribution in [2.45, 2.75) is 6.54 Å². The molecule has 0 saturated heterocycles. The predicted molar refractivity (Wildman–Crippen MR) is 61.4 cm³/mol. The monoisotopic (exact) mass is 216 g/mol. The van der Waals surface area contributed by atoms with Crippen LogP contribution < -0.4 is 10.9 Å². The summed E-state index contributed by atoms with van der Waals surface area (Å²) in [6.45, 7) is 0.455. The van der Waals surface area contributed by atoms with Gasteiger partial charge in [-0.3, -0.25) is 4.79 Å². The van der Waals surface area contributed by atoms with Gasteiger partial charge in [-0.15, -0.1) is 0 Å². The number of hydrogen-bond acceptors (Lipinski definition) is 4. The summed E-state index contributed by atoms with van der Waals surface area (Å²) in [4.78, 5) is 15.6. The highest BCUT2D eigenvalue weighted by atomic mass is 16.1. The van der Waals surface area contributed by atoms with Gasteiger partial charge in [0.2, 0.25) is 0 Å². The highest BCUT2D eigenvalue weighted by molar-refractivity contribution is 5.36. The normalized spacial score (nSPS) is 10.1. The van der Waals surface area contributed by atoms with Crippen LogP contribution in [0.15, 0.2) is 41.5 Å². The van der Waals surface area contributed by atoms with Crippen molar-refractivity contribution in [3.05, 3.63) is 52.6 Å². The highest BCUT2D eigenvalue weighted by Gasteiger charge is 1.99. The molecule has 0 amide bonds. The second kappa shape index (κ2) is 4.57. The number of aromatic nitrogens is 3. The van der Waals surface area contributed by atoms with Crippen molar-refractivity contribution in [2.24, 2.45) is 0 Å². The molecule has 5 nitrogen and oxygen atoms in total. The average molecular weight is 216 g/mol. The van der Waals surface area contributed by atoms with E-state index in [-0.39, 0.29) is 5.56 Å². The smallest absolute Gasteiger partial charge is 0.267 e. The van der Waals surface area contributed by atoms with Crippen molar-refractivity contribution in [3.63, 3.8) is 0 Å². The molecule has 0 fully saturated rings. The van der Waals surface area contributed by atoms with Gasteiger partial charge in [0.1, 0.15) is 5.82 Å². The zero-order valence-corrected chi connectivity index (χ0v) is 8.92. The first-order valence-corrected chi connectivity index (χ1v) is 4.94. The van der Waals surface area contributed by atoms with Crippen LogP contribution in [0.5, 0.6) is 0 Å². The zero-order valence-electron chi connectivity index (χ0n) is 8.92. The quantitative estimate of drug-likeness (QED) is 0.821. The molecule has 0 unspecified atom stereocenters. The van der Waals surface area contributed by atoms with E-state index in [1.165, 1.54) is 10.7 Å². The van der Waals surface area contributed by atoms with Crippen LogP contribution in [-0.4, -0.2) is 21.8 Å². The third kappa shape index (κ3) is 2.25. The van der Waals surface area contributed by atoms with Gasteiger partial charge >= 0.3 is 0 Å². The third-order valence-electron chi connectivity index (χ3n) is 2.20. The molecule has 2 aromatic rings. The number of pyridine rings is 1. The standard InChI is InChI=1S/C11H12N4O/c1-12-10-7-9(4-6-13-10)8-15-11(16)3-2-5-14-15/h2-7H,8H2,1H3,(H,12,13). The Bertz CT molecular complexity index is 535. The molecule has 0 radical (unpaired) electrons. The first-order chi connectivity index (χ1) is 7.79. The van der Waals surface area contributed by atoms with Gasteiger partial charge in [-0.05, 0) is 23.8 Å². The van der Waals surface area contributed by atoms with Gasteiger partial charge in [0, 0.05) is 25.5 Å². The maximum atomic E-state index is 11.4. The topological polar surface area (TPSA) is 59.8 Å². The first kappa shape index (κ1) is 10.4. The predicted octanol–water partition coefficient (Wildman–Crippen LogP) is 0.728. The van der Waals surface area contributed by atoms with Crippen molar-refractivity contribution in [1.82, 2.24) is 14.8 Å². The molecule has 0 atom stereocenters. The number of nitrogens with one attached hydrogen (secondary N) is 1. The van der Waals surface area contributed by atoms with Crippen LogP contribution in [0, 0.1) is 0 Å². The Hall–Kier alpha value is -2.17. The lowest BCUT2D eigenvalue weighted by Crippen LogP contribution is -2.21. The summed E-state index contributed by atoms with van der Waals surface area (Å²) in [6.07, 6.45) is 3.30. The van der Waals surface area contributed by atoms with Gasteiger partial charge in [-0.1, -0.05) is 0 Å². The maximum Gasteiger partial charge on any atom is 0.267 e. The van der Waals surface area contributed by atoms with Crippen LogP contribution in [0.2, 0.25) is 0 Å². The number of rotatable bonds is 3. The second-order valence-corrected chi connectivity index (χ2v) is 3.32. The van der Waals surface area contributed by atoms with Crippen LogP contribution >= 0.6 is 0 Å². The van der Waals surface area contributed by atoms with Gasteiger partial charge in [0.05, 0.1) is 6.54 Å². The van der Waals surface area contributed by atoms with Crippen LogP contribution in [0.1, 0.15) is 5.56 Å². The molecule has 82 valence electrons. The Morgan fingerprint density at radius 2 is 2.25 bits per heavy atom. The summed E-state index contributed by atoms with van der Waals surface area (Å²) in [5, 5.41) is 6.94. The third-order valence-corrected chi connectivity index (χ3v) is 2.20. The molecular weight excluding hydrogens is 204 g/mol. The van der Waals surface area contributed by atoms with Gasteiger partial charge in [0.25, 0.3) is 5.56 Å². The second-order valence-electron chi connectivity index (χ2n) is 3.32. The first-order valence-electron chi connectivity index (χ1n) is 4.94. The highest BCUT2D eigenvalue weighted by Crippen LogP contribution is 2.06. The van der Waals surface area contributed by atoms with Crippen molar-refractivity contribution in [2.75, 3.05) is 12.4 Å². The summed E-state index contributed by atoms with van der Waals surface area (Å²) < 4.78 is 1.41. The minimum atomic E-state index is -0.106. The van der Waals surface area contributed by atoms with E-state index in [0.29, 0.717) is 6.54 Å². The molecule has 0 bridgehead atoms.